The van der Waals surface area contributed by atoms with Crippen molar-refractivity contribution in [3.8, 4) is 10.7 Å². The van der Waals surface area contributed by atoms with E-state index in [4.69, 9.17) is 4.98 Å². The highest BCUT2D eigenvalue weighted by atomic mass is 32.1. The van der Waals surface area contributed by atoms with Crippen LogP contribution in [0.4, 0.5) is 5.69 Å². The van der Waals surface area contributed by atoms with Gasteiger partial charge in [0.05, 0.1) is 16.7 Å². The number of thiazole rings is 1. The first-order valence-corrected chi connectivity index (χ1v) is 11.6. The van der Waals surface area contributed by atoms with Gasteiger partial charge in [-0.1, -0.05) is 31.9 Å². The van der Waals surface area contributed by atoms with Crippen LogP contribution in [0.5, 0.6) is 0 Å². The van der Waals surface area contributed by atoms with E-state index in [0.29, 0.717) is 6.04 Å². The van der Waals surface area contributed by atoms with Gasteiger partial charge in [0.15, 0.2) is 0 Å². The minimum absolute atomic E-state index is 0.383. The van der Waals surface area contributed by atoms with Crippen molar-refractivity contribution in [2.45, 2.75) is 73.8 Å². The van der Waals surface area contributed by atoms with E-state index in [0.717, 1.165) is 41.3 Å². The van der Waals surface area contributed by atoms with Gasteiger partial charge < -0.3 is 9.88 Å². The number of anilines is 1. The fraction of sp³-hybridized carbons (Fsp3) is 0.500. The molecule has 5 heteroatoms. The van der Waals surface area contributed by atoms with Gasteiger partial charge in [-0.3, -0.25) is 0 Å². The molecule has 3 heterocycles. The molecule has 0 aliphatic carbocycles. The smallest absolute Gasteiger partial charge is 0.142 e. The summed E-state index contributed by atoms with van der Waals surface area (Å²) >= 11 is 1.70. The van der Waals surface area contributed by atoms with Crippen LogP contribution in [0.25, 0.3) is 21.7 Å². The van der Waals surface area contributed by atoms with Crippen LogP contribution in [-0.2, 0) is 6.42 Å². The van der Waals surface area contributed by atoms with E-state index in [1.165, 1.54) is 33.6 Å². The van der Waals surface area contributed by atoms with E-state index in [9.17, 15) is 0 Å². The third kappa shape index (κ3) is 4.40. The Hall–Kier alpha value is -2.14. The Morgan fingerprint density at radius 1 is 1.28 bits per heavy atom. The number of rotatable bonds is 8. The Bertz CT molecular complexity index is 1020. The van der Waals surface area contributed by atoms with Gasteiger partial charge in [0, 0.05) is 29.4 Å². The fourth-order valence-corrected chi connectivity index (χ4v) is 4.64. The van der Waals surface area contributed by atoms with E-state index < -0.39 is 0 Å². The van der Waals surface area contributed by atoms with Gasteiger partial charge in [-0.15, -0.1) is 11.3 Å². The maximum absolute atomic E-state index is 5.08. The molecule has 0 unspecified atom stereocenters. The first kappa shape index (κ1) is 21.6. The summed E-state index contributed by atoms with van der Waals surface area (Å²) in [5.74, 6) is 0. The van der Waals surface area contributed by atoms with Gasteiger partial charge in [-0.2, -0.15) is 0 Å². The van der Waals surface area contributed by atoms with E-state index >= 15 is 0 Å². The largest absolute Gasteiger partial charge is 0.379 e. The highest BCUT2D eigenvalue weighted by molar-refractivity contribution is 7.14. The third-order valence-corrected chi connectivity index (χ3v) is 6.28. The van der Waals surface area contributed by atoms with Crippen molar-refractivity contribution in [3.05, 3.63) is 40.0 Å². The molecule has 0 spiro atoms. The molecule has 3 aromatic heterocycles. The number of nitrogens with one attached hydrogen (secondary N) is 1. The number of hydrogen-bond acceptors (Lipinski definition) is 4. The molecule has 0 aromatic carbocycles. The summed E-state index contributed by atoms with van der Waals surface area (Å²) in [4.78, 5) is 10.9. The second-order valence-electron chi connectivity index (χ2n) is 8.11. The molecule has 0 saturated carbocycles. The summed E-state index contributed by atoms with van der Waals surface area (Å²) < 4.78 is 2.46. The van der Waals surface area contributed by atoms with Gasteiger partial charge >= 0.3 is 0 Å². The summed E-state index contributed by atoms with van der Waals surface area (Å²) in [5.41, 5.74) is 8.45. The van der Waals surface area contributed by atoms with Crippen LogP contribution in [0.1, 0.15) is 69.6 Å². The number of aryl methyl sites for hydroxylation is 2. The molecule has 0 aliphatic rings. The van der Waals surface area contributed by atoms with Crippen LogP contribution in [0.3, 0.4) is 0 Å². The molecular weight excluding hydrogens is 376 g/mol. The summed E-state index contributed by atoms with van der Waals surface area (Å²) in [7, 11) is 0. The van der Waals surface area contributed by atoms with Crippen LogP contribution in [0.2, 0.25) is 0 Å². The second-order valence-corrected chi connectivity index (χ2v) is 9.34. The minimum Gasteiger partial charge on any atom is -0.379 e. The number of allylic oxidation sites excluding steroid dienone is 1. The average molecular weight is 411 g/mol. The molecule has 0 bridgehead atoms. The second kappa shape index (κ2) is 9.12. The number of aromatic nitrogens is 3. The quantitative estimate of drug-likeness (QED) is 0.403. The van der Waals surface area contributed by atoms with Crippen molar-refractivity contribution < 1.29 is 0 Å². The molecule has 29 heavy (non-hydrogen) atoms. The molecule has 0 saturated heterocycles. The molecule has 0 aliphatic heterocycles. The van der Waals surface area contributed by atoms with Gasteiger partial charge in [0.1, 0.15) is 10.7 Å². The topological polar surface area (TPSA) is 42.7 Å². The van der Waals surface area contributed by atoms with Gasteiger partial charge in [0.25, 0.3) is 0 Å². The van der Waals surface area contributed by atoms with Crippen molar-refractivity contribution in [2.24, 2.45) is 0 Å². The number of hydrogen-bond donors (Lipinski definition) is 1. The van der Waals surface area contributed by atoms with Crippen LogP contribution in [0, 0.1) is 13.8 Å². The zero-order valence-corrected chi connectivity index (χ0v) is 19.7. The number of pyridine rings is 1. The standard InChI is InChI=1S/C24H34N4S/c1-8-10-11-16(5)13-25-19-12-20(24-26-14-17(6)29-24)27-22-18(7)21(9-2)28(15(3)4)23(19)22/h11-12,14-15H,8-10,13H2,1-7H3,(H,25,27)/b16-11+. The first-order chi connectivity index (χ1) is 13.9. The molecule has 0 amide bonds. The molecule has 0 fully saturated rings. The molecular formula is C24H34N4S. The van der Waals surface area contributed by atoms with Gasteiger partial charge in [-0.05, 0) is 59.1 Å². The lowest BCUT2D eigenvalue weighted by atomic mass is 10.1. The van der Waals surface area contributed by atoms with Crippen molar-refractivity contribution in [2.75, 3.05) is 11.9 Å². The zero-order chi connectivity index (χ0) is 21.1. The molecule has 0 atom stereocenters. The summed E-state index contributed by atoms with van der Waals surface area (Å²) in [6.45, 7) is 16.3. The van der Waals surface area contributed by atoms with Crippen molar-refractivity contribution >= 4 is 28.1 Å². The Morgan fingerprint density at radius 2 is 2.03 bits per heavy atom. The lowest BCUT2D eigenvalue weighted by Crippen LogP contribution is -2.09. The normalized spacial score (nSPS) is 12.3. The highest BCUT2D eigenvalue weighted by Crippen LogP contribution is 2.36. The molecule has 156 valence electrons. The van der Waals surface area contributed by atoms with Crippen LogP contribution in [-0.4, -0.2) is 21.1 Å². The minimum atomic E-state index is 0.383. The molecule has 3 aromatic rings. The van der Waals surface area contributed by atoms with Crippen LogP contribution < -0.4 is 5.32 Å². The van der Waals surface area contributed by atoms with Crippen molar-refractivity contribution in [3.63, 3.8) is 0 Å². The van der Waals surface area contributed by atoms with E-state index in [1.807, 2.05) is 6.20 Å². The first-order valence-electron chi connectivity index (χ1n) is 10.7. The van der Waals surface area contributed by atoms with Crippen LogP contribution in [0.15, 0.2) is 23.9 Å². The average Bonchev–Trinajstić information content (AvgIpc) is 3.25. The van der Waals surface area contributed by atoms with Gasteiger partial charge in [-0.25, -0.2) is 9.97 Å². The van der Waals surface area contributed by atoms with Crippen LogP contribution >= 0.6 is 11.3 Å². The number of nitrogens with zero attached hydrogens (tertiary/aromatic N) is 3. The highest BCUT2D eigenvalue weighted by Gasteiger charge is 2.21. The maximum Gasteiger partial charge on any atom is 0.142 e. The number of fused-ring (bicyclic) bond motifs is 1. The zero-order valence-electron chi connectivity index (χ0n) is 18.9. The SMILES string of the molecule is CCC/C=C(\C)CNc1cc(-c2ncc(C)s2)nc2c(C)c(CC)n(C(C)C)c12. The maximum atomic E-state index is 5.08. The van der Waals surface area contributed by atoms with Gasteiger partial charge in [0.2, 0.25) is 0 Å². The van der Waals surface area contributed by atoms with E-state index in [2.05, 4.69) is 75.5 Å². The van der Waals surface area contributed by atoms with Crippen molar-refractivity contribution in [1.82, 2.24) is 14.5 Å². The molecule has 0 radical (unpaired) electrons. The predicted octanol–water partition coefficient (Wildman–Crippen LogP) is 7.08. The lowest BCUT2D eigenvalue weighted by molar-refractivity contribution is 0.596. The summed E-state index contributed by atoms with van der Waals surface area (Å²) in [6.07, 6.45) is 7.58. The monoisotopic (exact) mass is 410 g/mol. The lowest BCUT2D eigenvalue weighted by Gasteiger charge is -2.17. The molecule has 3 rings (SSSR count). The van der Waals surface area contributed by atoms with E-state index in [-0.39, 0.29) is 0 Å². The predicted molar refractivity (Wildman–Crippen MR) is 127 cm³/mol. The molecule has 1 N–H and O–H groups in total. The summed E-state index contributed by atoms with van der Waals surface area (Å²) in [5, 5.41) is 4.71. The Morgan fingerprint density at radius 3 is 2.62 bits per heavy atom. The third-order valence-electron chi connectivity index (χ3n) is 5.34. The Kier molecular flexibility index (Phi) is 6.78. The number of unbranched alkanes of at least 4 members (excludes halogenated alkanes) is 1. The molecule has 4 nitrogen and oxygen atoms in total. The Labute approximate surface area is 179 Å². The van der Waals surface area contributed by atoms with E-state index in [1.54, 1.807) is 11.3 Å². The van der Waals surface area contributed by atoms with Crippen molar-refractivity contribution in [1.29, 1.82) is 0 Å². The fourth-order valence-electron chi connectivity index (χ4n) is 3.92. The summed E-state index contributed by atoms with van der Waals surface area (Å²) in [6, 6.07) is 2.57. The Balaban J connectivity index is 2.18.